The van der Waals surface area contributed by atoms with Gasteiger partial charge in [-0.2, -0.15) is 0 Å². The quantitative estimate of drug-likeness (QED) is 0.856. The third-order valence-electron chi connectivity index (χ3n) is 4.81. The number of para-hydroxylation sites is 1. The van der Waals surface area contributed by atoms with Gasteiger partial charge in [-0.15, -0.1) is 0 Å². The number of pyridine rings is 1. The predicted molar refractivity (Wildman–Crippen MR) is 97.8 cm³/mol. The van der Waals surface area contributed by atoms with E-state index >= 15 is 0 Å². The number of nitrogens with zero attached hydrogens (tertiary/aromatic N) is 2. The Balaban J connectivity index is 1.59. The van der Waals surface area contributed by atoms with Crippen LogP contribution in [0.25, 0.3) is 0 Å². The van der Waals surface area contributed by atoms with Gasteiger partial charge in [0.15, 0.2) is 0 Å². The van der Waals surface area contributed by atoms with E-state index in [9.17, 15) is 5.11 Å². The fourth-order valence-electron chi connectivity index (χ4n) is 3.19. The van der Waals surface area contributed by atoms with Gasteiger partial charge in [0.2, 0.25) is 0 Å². The Bertz CT molecular complexity index is 634. The molecule has 0 bridgehead atoms. The number of piperidine rings is 1. The average molecular weight is 325 g/mol. The van der Waals surface area contributed by atoms with Crippen molar-refractivity contribution in [3.63, 3.8) is 0 Å². The smallest absolute Gasteiger partial charge is 0.0594 e. The lowest BCUT2D eigenvalue weighted by molar-refractivity contribution is 0.127. The van der Waals surface area contributed by atoms with E-state index in [0.717, 1.165) is 44.7 Å². The molecule has 1 aromatic carbocycles. The van der Waals surface area contributed by atoms with Gasteiger partial charge in [-0.25, -0.2) is 0 Å². The van der Waals surface area contributed by atoms with Crippen LogP contribution in [0.2, 0.25) is 0 Å². The molecule has 4 heteroatoms. The van der Waals surface area contributed by atoms with Crippen molar-refractivity contribution in [2.75, 3.05) is 25.0 Å². The summed E-state index contributed by atoms with van der Waals surface area (Å²) in [5.74, 6) is 0.488. The Morgan fingerprint density at radius 1 is 1.17 bits per heavy atom. The first-order valence-corrected chi connectivity index (χ1v) is 8.81. The van der Waals surface area contributed by atoms with Gasteiger partial charge in [-0.1, -0.05) is 24.3 Å². The second kappa shape index (κ2) is 8.27. The molecule has 24 heavy (non-hydrogen) atoms. The number of nitrogens with one attached hydrogen (secondary N) is 1. The van der Waals surface area contributed by atoms with E-state index in [1.165, 1.54) is 16.8 Å². The van der Waals surface area contributed by atoms with Gasteiger partial charge >= 0.3 is 0 Å². The maximum atomic E-state index is 9.27. The number of aryl methyl sites for hydroxylation is 1. The number of aliphatic hydroxyl groups excluding tert-OH is 1. The molecule has 0 atom stereocenters. The van der Waals surface area contributed by atoms with Crippen molar-refractivity contribution in [2.45, 2.75) is 32.9 Å². The monoisotopic (exact) mass is 325 g/mol. The molecule has 0 spiro atoms. The van der Waals surface area contributed by atoms with E-state index in [1.54, 1.807) is 0 Å². The molecule has 128 valence electrons. The highest BCUT2D eigenvalue weighted by Crippen LogP contribution is 2.22. The first kappa shape index (κ1) is 16.9. The Labute approximate surface area is 144 Å². The average Bonchev–Trinajstić information content (AvgIpc) is 2.63. The second-order valence-corrected chi connectivity index (χ2v) is 6.74. The van der Waals surface area contributed by atoms with Crippen LogP contribution in [0.3, 0.4) is 0 Å². The van der Waals surface area contributed by atoms with Crippen molar-refractivity contribution in [1.29, 1.82) is 0 Å². The number of anilines is 1. The number of hydrogen-bond donors (Lipinski definition) is 2. The molecule has 1 aliphatic rings. The fraction of sp³-hybridized carbons (Fsp3) is 0.450. The highest BCUT2D eigenvalue weighted by Gasteiger charge is 2.19. The third-order valence-corrected chi connectivity index (χ3v) is 4.81. The molecule has 1 fully saturated rings. The molecule has 0 saturated carbocycles. The van der Waals surface area contributed by atoms with E-state index in [2.05, 4.69) is 58.5 Å². The summed E-state index contributed by atoms with van der Waals surface area (Å²) in [5, 5.41) is 12.8. The summed E-state index contributed by atoms with van der Waals surface area (Å²) in [6.45, 7) is 6.22. The SMILES string of the molecule is Cc1ccc(CNc2ccccc2CN2CCC(CO)CC2)nc1. The van der Waals surface area contributed by atoms with E-state index in [1.807, 2.05) is 6.20 Å². The van der Waals surface area contributed by atoms with Crippen LogP contribution in [0.15, 0.2) is 42.6 Å². The van der Waals surface area contributed by atoms with Crippen molar-refractivity contribution in [1.82, 2.24) is 9.88 Å². The lowest BCUT2D eigenvalue weighted by atomic mass is 9.97. The molecule has 0 aliphatic carbocycles. The molecule has 2 N–H and O–H groups in total. The van der Waals surface area contributed by atoms with Gasteiger partial charge in [0, 0.05) is 25.0 Å². The van der Waals surface area contributed by atoms with Crippen molar-refractivity contribution < 1.29 is 5.11 Å². The predicted octanol–water partition coefficient (Wildman–Crippen LogP) is 3.21. The molecule has 0 unspecified atom stereocenters. The molecule has 1 aromatic heterocycles. The van der Waals surface area contributed by atoms with Crippen LogP contribution < -0.4 is 5.32 Å². The van der Waals surface area contributed by atoms with Crippen LogP contribution in [0.4, 0.5) is 5.69 Å². The maximum absolute atomic E-state index is 9.27. The molecule has 3 rings (SSSR count). The van der Waals surface area contributed by atoms with Crippen LogP contribution in [-0.2, 0) is 13.1 Å². The lowest BCUT2D eigenvalue weighted by Crippen LogP contribution is -2.34. The number of rotatable bonds is 6. The molecular weight excluding hydrogens is 298 g/mol. The number of aliphatic hydroxyl groups is 1. The Kier molecular flexibility index (Phi) is 5.83. The first-order chi connectivity index (χ1) is 11.7. The maximum Gasteiger partial charge on any atom is 0.0594 e. The van der Waals surface area contributed by atoms with Crippen LogP contribution in [0.5, 0.6) is 0 Å². The fourth-order valence-corrected chi connectivity index (χ4v) is 3.19. The van der Waals surface area contributed by atoms with Gasteiger partial charge in [-0.3, -0.25) is 9.88 Å². The highest BCUT2D eigenvalue weighted by atomic mass is 16.3. The standard InChI is InChI=1S/C20H27N3O/c1-16-6-7-19(21-12-16)13-22-20-5-3-2-4-18(20)14-23-10-8-17(15-24)9-11-23/h2-7,12,17,22,24H,8-11,13-15H2,1H3. The first-order valence-electron chi connectivity index (χ1n) is 8.81. The summed E-state index contributed by atoms with van der Waals surface area (Å²) in [6.07, 6.45) is 4.10. The normalized spacial score (nSPS) is 16.2. The zero-order valence-electron chi connectivity index (χ0n) is 14.4. The van der Waals surface area contributed by atoms with Gasteiger partial charge in [-0.05, 0) is 62.0 Å². The zero-order valence-corrected chi connectivity index (χ0v) is 14.4. The van der Waals surface area contributed by atoms with Crippen molar-refractivity contribution >= 4 is 5.69 Å². The Hall–Kier alpha value is -1.91. The highest BCUT2D eigenvalue weighted by molar-refractivity contribution is 5.51. The molecule has 0 radical (unpaired) electrons. The molecule has 1 saturated heterocycles. The van der Waals surface area contributed by atoms with Gasteiger partial charge in [0.1, 0.15) is 0 Å². The lowest BCUT2D eigenvalue weighted by Gasteiger charge is -2.31. The van der Waals surface area contributed by atoms with Crippen LogP contribution in [-0.4, -0.2) is 34.7 Å². The third kappa shape index (κ3) is 4.56. The summed E-state index contributed by atoms with van der Waals surface area (Å²) in [4.78, 5) is 6.94. The number of hydrogen-bond acceptors (Lipinski definition) is 4. The van der Waals surface area contributed by atoms with Crippen LogP contribution >= 0.6 is 0 Å². The van der Waals surface area contributed by atoms with E-state index in [4.69, 9.17) is 0 Å². The van der Waals surface area contributed by atoms with E-state index in [-0.39, 0.29) is 0 Å². The Morgan fingerprint density at radius 3 is 2.67 bits per heavy atom. The summed E-state index contributed by atoms with van der Waals surface area (Å²) in [7, 11) is 0. The van der Waals surface area contributed by atoms with Gasteiger partial charge in [0.05, 0.1) is 12.2 Å². The summed E-state index contributed by atoms with van der Waals surface area (Å²) in [6, 6.07) is 12.7. The second-order valence-electron chi connectivity index (χ2n) is 6.74. The molecular formula is C20H27N3O. The summed E-state index contributed by atoms with van der Waals surface area (Å²) in [5.41, 5.74) is 4.75. The van der Waals surface area contributed by atoms with Gasteiger partial charge in [0.25, 0.3) is 0 Å². The summed E-state index contributed by atoms with van der Waals surface area (Å²) < 4.78 is 0. The molecule has 4 nitrogen and oxygen atoms in total. The van der Waals surface area contributed by atoms with Gasteiger partial charge < -0.3 is 10.4 Å². The molecule has 0 amide bonds. The molecule has 1 aliphatic heterocycles. The van der Waals surface area contributed by atoms with Crippen molar-refractivity contribution in [3.05, 3.63) is 59.4 Å². The van der Waals surface area contributed by atoms with E-state index in [0.29, 0.717) is 12.5 Å². The van der Waals surface area contributed by atoms with Crippen LogP contribution in [0, 0.1) is 12.8 Å². The summed E-state index contributed by atoms with van der Waals surface area (Å²) >= 11 is 0. The molecule has 2 aromatic rings. The number of likely N-dealkylation sites (tertiary alicyclic amines) is 1. The minimum atomic E-state index is 0.329. The van der Waals surface area contributed by atoms with Crippen molar-refractivity contribution in [3.8, 4) is 0 Å². The zero-order chi connectivity index (χ0) is 16.8. The molecule has 2 heterocycles. The minimum absolute atomic E-state index is 0.329. The largest absolute Gasteiger partial charge is 0.396 e. The van der Waals surface area contributed by atoms with Crippen molar-refractivity contribution in [2.24, 2.45) is 5.92 Å². The number of aromatic nitrogens is 1. The number of benzene rings is 1. The van der Waals surface area contributed by atoms with E-state index < -0.39 is 0 Å². The Morgan fingerprint density at radius 2 is 1.96 bits per heavy atom. The minimum Gasteiger partial charge on any atom is -0.396 e. The van der Waals surface area contributed by atoms with Crippen LogP contribution in [0.1, 0.15) is 29.7 Å². The topological polar surface area (TPSA) is 48.4 Å².